The van der Waals surface area contributed by atoms with Crippen LogP contribution in [0.4, 0.5) is 0 Å². The summed E-state index contributed by atoms with van der Waals surface area (Å²) in [7, 11) is 0. The molecule has 0 atom stereocenters. The van der Waals surface area contributed by atoms with Crippen molar-refractivity contribution in [3.63, 3.8) is 0 Å². The number of carbonyl (C=O) groups is 2. The second kappa shape index (κ2) is 9.30. The van der Waals surface area contributed by atoms with E-state index in [-0.39, 0.29) is 18.2 Å². The third-order valence-electron chi connectivity index (χ3n) is 3.38. The van der Waals surface area contributed by atoms with Crippen molar-refractivity contribution < 1.29 is 9.59 Å². The van der Waals surface area contributed by atoms with Crippen LogP contribution >= 0.6 is 23.2 Å². The maximum absolute atomic E-state index is 11.9. The Morgan fingerprint density at radius 3 is 1.88 bits per heavy atom. The fraction of sp³-hybridized carbons (Fsp3) is 0.222. The van der Waals surface area contributed by atoms with Crippen molar-refractivity contribution in [1.82, 2.24) is 10.6 Å². The van der Waals surface area contributed by atoms with Crippen molar-refractivity contribution in [3.05, 3.63) is 69.7 Å². The summed E-state index contributed by atoms with van der Waals surface area (Å²) in [5.74, 6) is -0.271. The van der Waals surface area contributed by atoms with Gasteiger partial charge in [0.25, 0.3) is 0 Å². The van der Waals surface area contributed by atoms with Crippen LogP contribution in [0.3, 0.4) is 0 Å². The number of carbonyl (C=O) groups excluding carboxylic acids is 2. The Balaban J connectivity index is 1.68. The van der Waals surface area contributed by atoms with Crippen molar-refractivity contribution >= 4 is 35.0 Å². The molecule has 126 valence electrons. The molecule has 0 aliphatic heterocycles. The molecule has 2 aromatic rings. The summed E-state index contributed by atoms with van der Waals surface area (Å²) in [6.45, 7) is 0.717. The minimum Gasteiger partial charge on any atom is -0.354 e. The van der Waals surface area contributed by atoms with Gasteiger partial charge in [-0.1, -0.05) is 59.6 Å². The summed E-state index contributed by atoms with van der Waals surface area (Å²) in [6.07, 6.45) is 0.431. The zero-order valence-electron chi connectivity index (χ0n) is 13.0. The van der Waals surface area contributed by atoms with Gasteiger partial charge >= 0.3 is 0 Å². The standard InChI is InChI=1S/C18H18Cl2N2O2/c19-15-7-4-8-16(20)14(15)12-18(24)22-10-9-21-17(23)11-13-5-2-1-3-6-13/h1-8H,9-12H2,(H,21,23)(H,22,24). The molecule has 0 saturated carbocycles. The van der Waals surface area contributed by atoms with Crippen molar-refractivity contribution in [1.29, 1.82) is 0 Å². The first-order chi connectivity index (χ1) is 11.6. The number of halogens is 2. The smallest absolute Gasteiger partial charge is 0.224 e. The lowest BCUT2D eigenvalue weighted by atomic mass is 10.1. The Morgan fingerprint density at radius 1 is 0.750 bits per heavy atom. The van der Waals surface area contributed by atoms with E-state index in [1.54, 1.807) is 18.2 Å². The molecule has 24 heavy (non-hydrogen) atoms. The Bertz CT molecular complexity index is 685. The van der Waals surface area contributed by atoms with Crippen LogP contribution in [0, 0.1) is 0 Å². The molecule has 6 heteroatoms. The lowest BCUT2D eigenvalue weighted by Crippen LogP contribution is -2.36. The Kier molecular flexibility index (Phi) is 7.09. The molecule has 0 spiro atoms. The monoisotopic (exact) mass is 364 g/mol. The van der Waals surface area contributed by atoms with Crippen LogP contribution < -0.4 is 10.6 Å². The van der Waals surface area contributed by atoms with E-state index in [0.717, 1.165) is 5.56 Å². The average molecular weight is 365 g/mol. The van der Waals surface area contributed by atoms with Crippen molar-refractivity contribution in [2.24, 2.45) is 0 Å². The summed E-state index contributed by atoms with van der Waals surface area (Å²) in [5.41, 5.74) is 1.55. The van der Waals surface area contributed by atoms with E-state index in [0.29, 0.717) is 35.1 Å². The third kappa shape index (κ3) is 5.87. The highest BCUT2D eigenvalue weighted by molar-refractivity contribution is 6.36. The van der Waals surface area contributed by atoms with Gasteiger partial charge < -0.3 is 10.6 Å². The summed E-state index contributed by atoms with van der Waals surface area (Å²) < 4.78 is 0. The van der Waals surface area contributed by atoms with Crippen LogP contribution in [-0.2, 0) is 22.4 Å². The van der Waals surface area contributed by atoms with Gasteiger partial charge in [0.15, 0.2) is 0 Å². The highest BCUT2D eigenvalue weighted by atomic mass is 35.5. The van der Waals surface area contributed by atoms with E-state index >= 15 is 0 Å². The van der Waals surface area contributed by atoms with Gasteiger partial charge in [-0.25, -0.2) is 0 Å². The predicted molar refractivity (Wildman–Crippen MR) is 96.3 cm³/mol. The molecular weight excluding hydrogens is 347 g/mol. The Morgan fingerprint density at radius 2 is 1.29 bits per heavy atom. The normalized spacial score (nSPS) is 10.2. The predicted octanol–water partition coefficient (Wildman–Crippen LogP) is 3.01. The minimum absolute atomic E-state index is 0.0791. The zero-order valence-corrected chi connectivity index (χ0v) is 14.5. The minimum atomic E-state index is -0.192. The molecule has 0 radical (unpaired) electrons. The SMILES string of the molecule is O=C(Cc1ccccc1)NCCNC(=O)Cc1c(Cl)cccc1Cl. The third-order valence-corrected chi connectivity index (χ3v) is 4.08. The highest BCUT2D eigenvalue weighted by Crippen LogP contribution is 2.24. The molecule has 2 rings (SSSR count). The number of benzene rings is 2. The van der Waals surface area contributed by atoms with Crippen LogP contribution in [0.5, 0.6) is 0 Å². The summed E-state index contributed by atoms with van der Waals surface area (Å²) in [6, 6.07) is 14.6. The molecule has 2 aromatic carbocycles. The Labute approximate surface area is 151 Å². The van der Waals surface area contributed by atoms with Gasteiger partial charge in [-0.05, 0) is 23.3 Å². The van der Waals surface area contributed by atoms with E-state index < -0.39 is 0 Å². The van der Waals surface area contributed by atoms with E-state index in [4.69, 9.17) is 23.2 Å². The first-order valence-corrected chi connectivity index (χ1v) is 8.32. The largest absolute Gasteiger partial charge is 0.354 e. The van der Waals surface area contributed by atoms with E-state index in [9.17, 15) is 9.59 Å². The van der Waals surface area contributed by atoms with E-state index in [2.05, 4.69) is 10.6 Å². The zero-order chi connectivity index (χ0) is 17.4. The number of rotatable bonds is 7. The maximum Gasteiger partial charge on any atom is 0.224 e. The number of nitrogens with one attached hydrogen (secondary N) is 2. The van der Waals surface area contributed by atoms with Gasteiger partial charge in [-0.15, -0.1) is 0 Å². The average Bonchev–Trinajstić information content (AvgIpc) is 2.56. The summed E-state index contributed by atoms with van der Waals surface area (Å²) in [5, 5.41) is 6.43. The first kappa shape index (κ1) is 18.3. The van der Waals surface area contributed by atoms with E-state index in [1.807, 2.05) is 30.3 Å². The maximum atomic E-state index is 11.9. The molecule has 0 aliphatic rings. The first-order valence-electron chi connectivity index (χ1n) is 7.56. The van der Waals surface area contributed by atoms with Crippen molar-refractivity contribution in [2.45, 2.75) is 12.8 Å². The number of amides is 2. The topological polar surface area (TPSA) is 58.2 Å². The lowest BCUT2D eigenvalue weighted by molar-refractivity contribution is -0.122. The molecule has 4 nitrogen and oxygen atoms in total. The van der Waals surface area contributed by atoms with Crippen LogP contribution in [0.2, 0.25) is 10.0 Å². The van der Waals surface area contributed by atoms with Crippen molar-refractivity contribution in [2.75, 3.05) is 13.1 Å². The molecule has 2 amide bonds. The highest BCUT2D eigenvalue weighted by Gasteiger charge is 2.10. The van der Waals surface area contributed by atoms with Crippen LogP contribution in [0.15, 0.2) is 48.5 Å². The quantitative estimate of drug-likeness (QED) is 0.741. The van der Waals surface area contributed by atoms with Gasteiger partial charge in [0.1, 0.15) is 0 Å². The van der Waals surface area contributed by atoms with Crippen LogP contribution in [-0.4, -0.2) is 24.9 Å². The second-order valence-corrected chi connectivity index (χ2v) is 6.05. The van der Waals surface area contributed by atoms with Gasteiger partial charge in [0, 0.05) is 23.1 Å². The molecule has 0 heterocycles. The molecule has 0 aromatic heterocycles. The fourth-order valence-electron chi connectivity index (χ4n) is 2.17. The molecular formula is C18H18Cl2N2O2. The molecule has 0 fully saturated rings. The molecule has 0 bridgehead atoms. The summed E-state index contributed by atoms with van der Waals surface area (Å²) >= 11 is 12.1. The number of hydrogen-bond acceptors (Lipinski definition) is 2. The Hall–Kier alpha value is -2.04. The van der Waals surface area contributed by atoms with Gasteiger partial charge in [0.05, 0.1) is 12.8 Å². The fourth-order valence-corrected chi connectivity index (χ4v) is 2.70. The molecule has 0 saturated heterocycles. The lowest BCUT2D eigenvalue weighted by Gasteiger charge is -2.09. The molecule has 2 N–H and O–H groups in total. The summed E-state index contributed by atoms with van der Waals surface area (Å²) in [4.78, 5) is 23.7. The van der Waals surface area contributed by atoms with Crippen LogP contribution in [0.1, 0.15) is 11.1 Å². The van der Waals surface area contributed by atoms with Crippen molar-refractivity contribution in [3.8, 4) is 0 Å². The van der Waals surface area contributed by atoms with Crippen LogP contribution in [0.25, 0.3) is 0 Å². The van der Waals surface area contributed by atoms with Gasteiger partial charge in [-0.3, -0.25) is 9.59 Å². The molecule has 0 unspecified atom stereocenters. The number of hydrogen-bond donors (Lipinski definition) is 2. The molecule has 0 aliphatic carbocycles. The second-order valence-electron chi connectivity index (χ2n) is 5.24. The van der Waals surface area contributed by atoms with Gasteiger partial charge in [-0.2, -0.15) is 0 Å². The van der Waals surface area contributed by atoms with Gasteiger partial charge in [0.2, 0.25) is 11.8 Å². The van der Waals surface area contributed by atoms with E-state index in [1.165, 1.54) is 0 Å².